The van der Waals surface area contributed by atoms with Crippen molar-refractivity contribution in [1.82, 2.24) is 20.1 Å². The number of nitrogens with two attached hydrogens (primary N) is 1. The number of primary amides is 1. The van der Waals surface area contributed by atoms with E-state index in [9.17, 15) is 9.59 Å². The van der Waals surface area contributed by atoms with Gasteiger partial charge in [0, 0.05) is 24.7 Å². The number of aromatic amines is 1. The molecule has 1 saturated carbocycles. The fourth-order valence-electron chi connectivity index (χ4n) is 4.60. The van der Waals surface area contributed by atoms with E-state index in [2.05, 4.69) is 20.5 Å². The van der Waals surface area contributed by atoms with Crippen molar-refractivity contribution in [2.75, 3.05) is 11.9 Å². The van der Waals surface area contributed by atoms with Gasteiger partial charge in [-0.25, -0.2) is 4.98 Å². The van der Waals surface area contributed by atoms with E-state index in [-0.39, 0.29) is 29.8 Å². The molecule has 0 aliphatic heterocycles. The number of anilines is 1. The van der Waals surface area contributed by atoms with Crippen molar-refractivity contribution in [2.45, 2.75) is 51.6 Å². The summed E-state index contributed by atoms with van der Waals surface area (Å²) < 4.78 is 0. The molecule has 8 nitrogen and oxygen atoms in total. The average molecular weight is 435 g/mol. The van der Waals surface area contributed by atoms with Gasteiger partial charge in [-0.1, -0.05) is 30.3 Å². The van der Waals surface area contributed by atoms with Crippen LogP contribution >= 0.6 is 0 Å². The Morgan fingerprint density at radius 2 is 1.91 bits per heavy atom. The van der Waals surface area contributed by atoms with Crippen molar-refractivity contribution in [2.24, 2.45) is 11.7 Å². The Labute approximate surface area is 187 Å². The maximum Gasteiger partial charge on any atom is 0.258 e. The van der Waals surface area contributed by atoms with Crippen LogP contribution in [0.25, 0.3) is 11.0 Å². The first-order chi connectivity index (χ1) is 15.5. The maximum atomic E-state index is 13.7. The van der Waals surface area contributed by atoms with Crippen LogP contribution in [-0.2, 0) is 4.79 Å². The minimum Gasteiger partial charge on any atom is -0.381 e. The topological polar surface area (TPSA) is 117 Å². The van der Waals surface area contributed by atoms with Crippen LogP contribution in [0.4, 0.5) is 5.69 Å². The lowest BCUT2D eigenvalue weighted by molar-refractivity contribution is -0.122. The zero-order valence-electron chi connectivity index (χ0n) is 18.5. The molecule has 1 fully saturated rings. The van der Waals surface area contributed by atoms with Crippen molar-refractivity contribution in [3.05, 3.63) is 53.9 Å². The van der Waals surface area contributed by atoms with Gasteiger partial charge in [0.1, 0.15) is 0 Å². The van der Waals surface area contributed by atoms with Gasteiger partial charge in [0.2, 0.25) is 5.91 Å². The Morgan fingerprint density at radius 3 is 2.56 bits per heavy atom. The number of aromatic nitrogens is 3. The SMILES string of the molecule is CCN(C(=O)c1cnc2[nH]ncc2c1N[C@H]1CC[C@@H](C(N)=O)CC1)[C@H](C)c1ccccc1. The van der Waals surface area contributed by atoms with Crippen molar-refractivity contribution in [1.29, 1.82) is 0 Å². The summed E-state index contributed by atoms with van der Waals surface area (Å²) in [5, 5.41) is 11.4. The molecule has 4 N–H and O–H groups in total. The number of nitrogens with one attached hydrogen (secondary N) is 2. The largest absolute Gasteiger partial charge is 0.381 e. The maximum absolute atomic E-state index is 13.7. The predicted octanol–water partition coefficient (Wildman–Crippen LogP) is 3.64. The highest BCUT2D eigenvalue weighted by Crippen LogP contribution is 2.32. The van der Waals surface area contributed by atoms with E-state index in [1.54, 1.807) is 12.4 Å². The van der Waals surface area contributed by atoms with Gasteiger partial charge in [-0.3, -0.25) is 14.7 Å². The molecular weight excluding hydrogens is 404 g/mol. The van der Waals surface area contributed by atoms with Gasteiger partial charge in [-0.2, -0.15) is 5.10 Å². The van der Waals surface area contributed by atoms with E-state index >= 15 is 0 Å². The highest BCUT2D eigenvalue weighted by molar-refractivity contribution is 6.06. The number of benzene rings is 1. The summed E-state index contributed by atoms with van der Waals surface area (Å²) in [7, 11) is 0. The Kier molecular flexibility index (Phi) is 6.39. The molecule has 0 saturated heterocycles. The predicted molar refractivity (Wildman–Crippen MR) is 124 cm³/mol. The molecule has 1 aromatic carbocycles. The molecule has 1 atom stereocenters. The third-order valence-electron chi connectivity index (χ3n) is 6.54. The van der Waals surface area contributed by atoms with Gasteiger partial charge in [0.15, 0.2) is 5.65 Å². The summed E-state index contributed by atoms with van der Waals surface area (Å²) in [6, 6.07) is 10.1. The van der Waals surface area contributed by atoms with Crippen LogP contribution < -0.4 is 11.1 Å². The second kappa shape index (κ2) is 9.38. The lowest BCUT2D eigenvalue weighted by atomic mass is 9.85. The molecule has 4 rings (SSSR count). The van der Waals surface area contributed by atoms with Crippen LogP contribution in [-0.4, -0.2) is 44.5 Å². The summed E-state index contributed by atoms with van der Waals surface area (Å²) >= 11 is 0. The third-order valence-corrected chi connectivity index (χ3v) is 6.54. The molecule has 32 heavy (non-hydrogen) atoms. The minimum absolute atomic E-state index is 0.0668. The number of H-pyrrole nitrogens is 1. The molecule has 0 bridgehead atoms. The van der Waals surface area contributed by atoms with E-state index in [4.69, 9.17) is 5.73 Å². The standard InChI is InChI=1S/C24H30N6O2/c1-3-30(15(2)16-7-5-4-6-8-16)24(32)20-13-26-23-19(14-27-29-23)21(20)28-18-11-9-17(10-12-18)22(25)31/h4-8,13-15,17-18H,3,9-12H2,1-2H3,(H2,25,31)(H2,26,27,28,29)/t15-,17-,18+/m1/s1. The zero-order valence-corrected chi connectivity index (χ0v) is 18.5. The average Bonchev–Trinajstić information content (AvgIpc) is 3.30. The van der Waals surface area contributed by atoms with E-state index in [1.807, 2.05) is 49.1 Å². The van der Waals surface area contributed by atoms with Crippen LogP contribution in [0.1, 0.15) is 61.5 Å². The van der Waals surface area contributed by atoms with Gasteiger partial charge >= 0.3 is 0 Å². The van der Waals surface area contributed by atoms with Crippen LogP contribution in [0.5, 0.6) is 0 Å². The summed E-state index contributed by atoms with van der Waals surface area (Å²) in [6.45, 7) is 4.60. The highest BCUT2D eigenvalue weighted by atomic mass is 16.2. The Hall–Kier alpha value is -3.42. The number of fused-ring (bicyclic) bond motifs is 1. The van der Waals surface area contributed by atoms with E-state index < -0.39 is 0 Å². The van der Waals surface area contributed by atoms with Crippen LogP contribution in [0.15, 0.2) is 42.7 Å². The number of pyridine rings is 1. The highest BCUT2D eigenvalue weighted by Gasteiger charge is 2.29. The number of amides is 2. The number of hydrogen-bond acceptors (Lipinski definition) is 5. The molecule has 0 unspecified atom stereocenters. The summed E-state index contributed by atoms with van der Waals surface area (Å²) in [6.07, 6.45) is 6.47. The Bertz CT molecular complexity index is 1090. The summed E-state index contributed by atoms with van der Waals surface area (Å²) in [5.74, 6) is -0.371. The molecule has 3 aromatic rings. The van der Waals surface area contributed by atoms with Crippen molar-refractivity contribution >= 4 is 28.5 Å². The number of hydrogen-bond donors (Lipinski definition) is 3. The van der Waals surface area contributed by atoms with Gasteiger partial charge < -0.3 is 16.0 Å². The Balaban J connectivity index is 1.63. The van der Waals surface area contributed by atoms with Crippen molar-refractivity contribution in [3.8, 4) is 0 Å². The molecule has 168 valence electrons. The molecule has 2 aromatic heterocycles. The second-order valence-electron chi connectivity index (χ2n) is 8.45. The monoisotopic (exact) mass is 434 g/mol. The molecule has 2 heterocycles. The van der Waals surface area contributed by atoms with E-state index in [1.165, 1.54) is 0 Å². The van der Waals surface area contributed by atoms with Crippen LogP contribution in [0, 0.1) is 5.92 Å². The molecule has 1 aliphatic rings. The lowest BCUT2D eigenvalue weighted by Gasteiger charge is -2.31. The van der Waals surface area contributed by atoms with Gasteiger partial charge in [0.05, 0.1) is 28.9 Å². The molecule has 0 spiro atoms. The molecule has 0 radical (unpaired) electrons. The van der Waals surface area contributed by atoms with E-state index in [0.717, 1.165) is 42.3 Å². The summed E-state index contributed by atoms with van der Waals surface area (Å²) in [5.41, 5.74) is 8.47. The first kappa shape index (κ1) is 21.8. The smallest absolute Gasteiger partial charge is 0.258 e. The van der Waals surface area contributed by atoms with E-state index in [0.29, 0.717) is 17.8 Å². The quantitative estimate of drug-likeness (QED) is 0.525. The normalized spacial score (nSPS) is 19.4. The van der Waals surface area contributed by atoms with Crippen molar-refractivity contribution < 1.29 is 9.59 Å². The van der Waals surface area contributed by atoms with Gasteiger partial charge in [0.25, 0.3) is 5.91 Å². The first-order valence-electron chi connectivity index (χ1n) is 11.2. The number of nitrogens with zero attached hydrogens (tertiary/aromatic N) is 3. The Morgan fingerprint density at radius 1 is 1.19 bits per heavy atom. The fraction of sp³-hybridized carbons (Fsp3) is 0.417. The fourth-order valence-corrected chi connectivity index (χ4v) is 4.60. The van der Waals surface area contributed by atoms with Crippen LogP contribution in [0.2, 0.25) is 0 Å². The minimum atomic E-state index is -0.228. The van der Waals surface area contributed by atoms with Gasteiger partial charge in [-0.15, -0.1) is 0 Å². The number of carbonyl (C=O) groups is 2. The summed E-state index contributed by atoms with van der Waals surface area (Å²) in [4.78, 5) is 31.5. The lowest BCUT2D eigenvalue weighted by Crippen LogP contribution is -2.35. The van der Waals surface area contributed by atoms with Crippen LogP contribution in [0.3, 0.4) is 0 Å². The molecule has 1 aliphatic carbocycles. The molecular formula is C24H30N6O2. The number of carbonyl (C=O) groups excluding carboxylic acids is 2. The molecule has 8 heteroatoms. The first-order valence-corrected chi connectivity index (χ1v) is 11.2. The number of rotatable bonds is 7. The molecule has 2 amide bonds. The van der Waals surface area contributed by atoms with Crippen molar-refractivity contribution in [3.63, 3.8) is 0 Å². The third kappa shape index (κ3) is 4.30. The second-order valence-corrected chi connectivity index (χ2v) is 8.45. The van der Waals surface area contributed by atoms with Gasteiger partial charge in [-0.05, 0) is 45.1 Å². The zero-order chi connectivity index (χ0) is 22.7.